The van der Waals surface area contributed by atoms with Crippen molar-refractivity contribution in [2.45, 2.75) is 25.9 Å². The van der Waals surface area contributed by atoms with Gasteiger partial charge in [0.2, 0.25) is 0 Å². The van der Waals surface area contributed by atoms with E-state index in [9.17, 15) is 9.59 Å². The minimum absolute atomic E-state index is 0.175. The molecule has 0 bridgehead atoms. The lowest BCUT2D eigenvalue weighted by molar-refractivity contribution is -0.118. The van der Waals surface area contributed by atoms with E-state index in [0.717, 1.165) is 5.69 Å². The van der Waals surface area contributed by atoms with E-state index in [1.54, 1.807) is 11.9 Å². The van der Waals surface area contributed by atoms with Gasteiger partial charge in [-0.1, -0.05) is 36.4 Å². The fraction of sp³-hybridized carbons (Fsp3) is 0.238. The second kappa shape index (κ2) is 7.48. The number of azo groups is 1. The molecule has 29 heavy (non-hydrogen) atoms. The minimum atomic E-state index is -0.695. The van der Waals surface area contributed by atoms with Crippen LogP contribution in [0.15, 0.2) is 75.7 Å². The summed E-state index contributed by atoms with van der Waals surface area (Å²) >= 11 is 0. The average molecular weight is 390 g/mol. The number of benzene rings is 2. The van der Waals surface area contributed by atoms with Crippen LogP contribution >= 0.6 is 0 Å². The number of likely N-dealkylation sites (N-methyl/N-ethyl adjacent to an activating group) is 1. The van der Waals surface area contributed by atoms with Crippen LogP contribution in [0.5, 0.6) is 0 Å². The minimum Gasteiger partial charge on any atom is -0.293 e. The fourth-order valence-corrected chi connectivity index (χ4v) is 3.43. The topological polar surface area (TPSA) is 86.1 Å². The summed E-state index contributed by atoms with van der Waals surface area (Å²) in [4.78, 5) is 25.8. The monoisotopic (exact) mass is 390 g/mol. The maximum Gasteiger partial charge on any atom is 0.299 e. The predicted octanol–water partition coefficient (Wildman–Crippen LogP) is 3.21. The molecule has 2 atom stereocenters. The molecule has 1 amide bonds. The number of H-pyrrole nitrogens is 1. The first-order chi connectivity index (χ1) is 14.0. The Kier molecular flexibility index (Phi) is 4.85. The number of aromatic nitrogens is 2. The zero-order valence-electron chi connectivity index (χ0n) is 16.5. The van der Waals surface area contributed by atoms with Crippen LogP contribution in [0.3, 0.4) is 0 Å². The van der Waals surface area contributed by atoms with Crippen molar-refractivity contribution >= 4 is 17.3 Å². The molecule has 1 fully saturated rings. The largest absolute Gasteiger partial charge is 0.299 e. The summed E-state index contributed by atoms with van der Waals surface area (Å²) in [5, 5.41) is 14.9. The summed E-state index contributed by atoms with van der Waals surface area (Å²) in [5.41, 5.74) is 1.98. The molecule has 1 aromatic heterocycles. The van der Waals surface area contributed by atoms with Crippen LogP contribution < -0.4 is 10.6 Å². The van der Waals surface area contributed by atoms with E-state index >= 15 is 0 Å². The van der Waals surface area contributed by atoms with Crippen LogP contribution in [0.4, 0.5) is 11.4 Å². The normalized spacial score (nSPS) is 20.1. The van der Waals surface area contributed by atoms with E-state index < -0.39 is 6.04 Å². The second-order valence-electron chi connectivity index (χ2n) is 7.02. The number of hydrogen-bond acceptors (Lipinski definition) is 5. The summed E-state index contributed by atoms with van der Waals surface area (Å²) in [6.45, 7) is 3.67. The van der Waals surface area contributed by atoms with Crippen LogP contribution in [0.2, 0.25) is 0 Å². The number of hydrogen-bond donors (Lipinski definition) is 1. The molecule has 8 heteroatoms. The molecule has 2 unspecified atom stereocenters. The average Bonchev–Trinajstić information content (AvgIpc) is 3.14. The number of amides is 1. The zero-order valence-corrected chi connectivity index (χ0v) is 16.5. The molecule has 0 saturated carbocycles. The number of carbonyl (C=O) groups excluding carboxylic acids is 1. The van der Waals surface area contributed by atoms with E-state index in [1.165, 1.54) is 4.68 Å². The highest BCUT2D eigenvalue weighted by Crippen LogP contribution is 2.28. The summed E-state index contributed by atoms with van der Waals surface area (Å²) < 4.78 is 1.42. The highest BCUT2D eigenvalue weighted by Gasteiger charge is 2.43. The first-order valence-electron chi connectivity index (χ1n) is 9.38. The Labute approximate surface area is 168 Å². The van der Waals surface area contributed by atoms with Crippen LogP contribution in [-0.2, 0) is 4.79 Å². The van der Waals surface area contributed by atoms with Gasteiger partial charge in [0.15, 0.2) is 11.7 Å². The maximum atomic E-state index is 13.0. The molecule has 1 aliphatic heterocycles. The number of para-hydroxylation sites is 2. The third kappa shape index (κ3) is 3.27. The number of nitrogens with zero attached hydrogens (tertiary/aromatic N) is 5. The van der Waals surface area contributed by atoms with Crippen LogP contribution in [0, 0.1) is 6.92 Å². The van der Waals surface area contributed by atoms with Gasteiger partial charge in [0.25, 0.3) is 11.5 Å². The molecule has 3 aromatic rings. The Morgan fingerprint density at radius 2 is 1.52 bits per heavy atom. The Morgan fingerprint density at radius 1 is 0.931 bits per heavy atom. The number of aromatic amines is 1. The van der Waals surface area contributed by atoms with Gasteiger partial charge in [-0.05, 0) is 38.1 Å². The number of nitrogens with one attached hydrogen (secondary N) is 1. The number of hydrazine groups is 1. The smallest absolute Gasteiger partial charge is 0.293 e. The van der Waals surface area contributed by atoms with E-state index in [-0.39, 0.29) is 23.2 Å². The summed E-state index contributed by atoms with van der Waals surface area (Å²) in [5.74, 6) is -0.175. The van der Waals surface area contributed by atoms with E-state index in [0.29, 0.717) is 11.4 Å². The Hall–Kier alpha value is -3.52. The Morgan fingerprint density at radius 3 is 2.14 bits per heavy atom. The molecule has 148 valence electrons. The van der Waals surface area contributed by atoms with Gasteiger partial charge < -0.3 is 0 Å². The lowest BCUT2D eigenvalue weighted by Crippen LogP contribution is -2.38. The fourth-order valence-electron chi connectivity index (χ4n) is 3.43. The van der Waals surface area contributed by atoms with Crippen molar-refractivity contribution in [2.75, 3.05) is 12.1 Å². The SMILES string of the molecule is Cc1[nH]n(-c2ccccc2)c(=O)c1N=NC1C(=O)N(c2ccccc2)N(C)C1C. The van der Waals surface area contributed by atoms with Crippen molar-refractivity contribution in [1.29, 1.82) is 0 Å². The van der Waals surface area contributed by atoms with Gasteiger partial charge in [-0.2, -0.15) is 5.11 Å². The molecule has 0 spiro atoms. The van der Waals surface area contributed by atoms with E-state index in [4.69, 9.17) is 0 Å². The van der Waals surface area contributed by atoms with Crippen molar-refractivity contribution in [3.63, 3.8) is 0 Å². The van der Waals surface area contributed by atoms with Gasteiger partial charge in [-0.15, -0.1) is 5.11 Å². The van der Waals surface area contributed by atoms with Crippen molar-refractivity contribution in [3.05, 3.63) is 76.7 Å². The van der Waals surface area contributed by atoms with Crippen LogP contribution in [-0.4, -0.2) is 39.8 Å². The molecule has 1 saturated heterocycles. The van der Waals surface area contributed by atoms with Gasteiger partial charge >= 0.3 is 0 Å². The molecule has 8 nitrogen and oxygen atoms in total. The van der Waals surface area contributed by atoms with Gasteiger partial charge in [-0.3, -0.25) is 14.7 Å². The van der Waals surface area contributed by atoms with Gasteiger partial charge in [0, 0.05) is 7.05 Å². The molecular formula is C21H22N6O2. The zero-order chi connectivity index (χ0) is 20.5. The second-order valence-corrected chi connectivity index (χ2v) is 7.02. The molecule has 0 radical (unpaired) electrons. The third-order valence-corrected chi connectivity index (χ3v) is 5.16. The van der Waals surface area contributed by atoms with Crippen LogP contribution in [0.1, 0.15) is 12.6 Å². The first kappa shape index (κ1) is 18.8. The predicted molar refractivity (Wildman–Crippen MR) is 111 cm³/mol. The van der Waals surface area contributed by atoms with Gasteiger partial charge in [0.1, 0.15) is 0 Å². The van der Waals surface area contributed by atoms with Crippen LogP contribution in [0.25, 0.3) is 5.69 Å². The van der Waals surface area contributed by atoms with Crippen molar-refractivity contribution in [1.82, 2.24) is 14.8 Å². The highest BCUT2D eigenvalue weighted by molar-refractivity contribution is 5.99. The number of carbonyl (C=O) groups is 1. The van der Waals surface area contributed by atoms with Gasteiger partial charge in [0.05, 0.1) is 23.1 Å². The Bertz CT molecular complexity index is 1100. The van der Waals surface area contributed by atoms with Gasteiger partial charge in [-0.25, -0.2) is 14.7 Å². The molecule has 1 N–H and O–H groups in total. The first-order valence-corrected chi connectivity index (χ1v) is 9.38. The summed E-state index contributed by atoms with van der Waals surface area (Å²) in [7, 11) is 1.84. The molecule has 2 aromatic carbocycles. The third-order valence-electron chi connectivity index (χ3n) is 5.16. The standard InChI is InChI=1S/C21H22N6O2/c1-14-18(20(28)26(24-14)16-10-6-4-7-11-16)22-23-19-15(2)25(3)27(21(19)29)17-12-8-5-9-13-17/h4-13,15,19,24H,1-3H3. The van der Waals surface area contributed by atoms with Crippen molar-refractivity contribution in [2.24, 2.45) is 10.2 Å². The molecule has 0 aliphatic carbocycles. The van der Waals surface area contributed by atoms with Crippen molar-refractivity contribution < 1.29 is 4.79 Å². The van der Waals surface area contributed by atoms with Crippen molar-refractivity contribution in [3.8, 4) is 5.69 Å². The number of aryl methyl sites for hydroxylation is 1. The molecular weight excluding hydrogens is 368 g/mol. The number of rotatable bonds is 4. The quantitative estimate of drug-likeness (QED) is 0.694. The Balaban J connectivity index is 1.64. The summed E-state index contributed by atoms with van der Waals surface area (Å²) in [6.07, 6.45) is 0. The molecule has 2 heterocycles. The maximum absolute atomic E-state index is 13.0. The van der Waals surface area contributed by atoms with E-state index in [1.807, 2.05) is 79.6 Å². The summed E-state index contributed by atoms with van der Waals surface area (Å²) in [6, 6.07) is 17.8. The highest BCUT2D eigenvalue weighted by atomic mass is 16.2. The molecule has 4 rings (SSSR count). The lowest BCUT2D eigenvalue weighted by atomic mass is 10.2. The number of anilines is 1. The lowest BCUT2D eigenvalue weighted by Gasteiger charge is -2.26. The molecule has 1 aliphatic rings. The van der Waals surface area contributed by atoms with E-state index in [2.05, 4.69) is 15.3 Å².